The molecule has 0 spiro atoms. The molecule has 0 saturated carbocycles. The molecule has 1 heterocycles. The Balaban J connectivity index is 1.80. The molecule has 9 nitrogen and oxygen atoms in total. The Morgan fingerprint density at radius 3 is 2.75 bits per heavy atom. The second kappa shape index (κ2) is 7.56. The van der Waals surface area contributed by atoms with Crippen molar-refractivity contribution in [2.45, 2.75) is 6.61 Å². The van der Waals surface area contributed by atoms with Gasteiger partial charge in [-0.2, -0.15) is 4.98 Å². The number of carbonyl (C=O) groups excluding carboxylic acids is 1. The smallest absolute Gasteiger partial charge is 0.288 e. The van der Waals surface area contributed by atoms with Crippen LogP contribution in [0.1, 0.15) is 16.2 Å². The largest absolute Gasteiger partial charge is 0.481 e. The highest BCUT2D eigenvalue weighted by Gasteiger charge is 2.20. The van der Waals surface area contributed by atoms with Crippen molar-refractivity contribution in [2.24, 2.45) is 5.73 Å². The van der Waals surface area contributed by atoms with E-state index in [9.17, 15) is 23.7 Å². The van der Waals surface area contributed by atoms with Crippen LogP contribution < -0.4 is 10.5 Å². The van der Waals surface area contributed by atoms with Gasteiger partial charge in [-0.15, -0.1) is 0 Å². The summed E-state index contributed by atoms with van der Waals surface area (Å²) in [6.45, 7) is -0.413. The predicted octanol–water partition coefficient (Wildman–Crippen LogP) is 3.25. The number of nitro benzene ring substituents is 1. The van der Waals surface area contributed by atoms with Crippen LogP contribution in [-0.2, 0) is 6.61 Å². The lowest BCUT2D eigenvalue weighted by atomic mass is 10.1. The summed E-state index contributed by atoms with van der Waals surface area (Å²) in [5.74, 6) is -4.21. The summed E-state index contributed by atoms with van der Waals surface area (Å²) in [7, 11) is 0. The summed E-state index contributed by atoms with van der Waals surface area (Å²) in [4.78, 5) is 25.4. The number of nitrogens with zero attached hydrogens (tertiary/aromatic N) is 3. The third kappa shape index (κ3) is 3.74. The van der Waals surface area contributed by atoms with E-state index >= 15 is 0 Å². The maximum Gasteiger partial charge on any atom is 0.288 e. The monoisotopic (exact) mass is 410 g/mol. The molecule has 1 aromatic heterocycles. The van der Waals surface area contributed by atoms with E-state index in [1.165, 1.54) is 12.1 Å². The van der Waals surface area contributed by atoms with Crippen molar-refractivity contribution < 1.29 is 27.8 Å². The zero-order valence-electron chi connectivity index (χ0n) is 13.7. The average Bonchev–Trinajstić information content (AvgIpc) is 3.10. The summed E-state index contributed by atoms with van der Waals surface area (Å²) in [6.07, 6.45) is 0. The van der Waals surface area contributed by atoms with Crippen LogP contribution >= 0.6 is 11.6 Å². The molecule has 12 heteroatoms. The van der Waals surface area contributed by atoms with Crippen molar-refractivity contribution in [1.29, 1.82) is 0 Å². The van der Waals surface area contributed by atoms with E-state index < -0.39 is 40.4 Å². The van der Waals surface area contributed by atoms with Crippen LogP contribution in [0.2, 0.25) is 5.02 Å². The van der Waals surface area contributed by atoms with Crippen molar-refractivity contribution in [3.63, 3.8) is 0 Å². The van der Waals surface area contributed by atoms with Gasteiger partial charge in [-0.05, 0) is 24.3 Å². The Morgan fingerprint density at radius 2 is 2.07 bits per heavy atom. The quantitative estimate of drug-likeness (QED) is 0.486. The molecule has 0 bridgehead atoms. The molecule has 0 fully saturated rings. The normalized spacial score (nSPS) is 10.7. The molecule has 0 aliphatic rings. The zero-order valence-corrected chi connectivity index (χ0v) is 14.4. The first-order valence-electron chi connectivity index (χ1n) is 7.45. The van der Waals surface area contributed by atoms with Gasteiger partial charge < -0.3 is 15.0 Å². The van der Waals surface area contributed by atoms with Crippen LogP contribution in [0.15, 0.2) is 34.9 Å². The summed E-state index contributed by atoms with van der Waals surface area (Å²) >= 11 is 5.74. The number of nitrogens with two attached hydrogens (primary N) is 1. The number of halogens is 3. The highest BCUT2D eigenvalue weighted by atomic mass is 35.5. The van der Waals surface area contributed by atoms with Crippen molar-refractivity contribution in [3.05, 3.63) is 68.6 Å². The number of hydrogen-bond acceptors (Lipinski definition) is 7. The SMILES string of the molecule is NC(=O)c1c(F)ccc(OCc2nc(-c3ccc(Cl)c([N+](=O)[O-])c3)no2)c1F. The Bertz CT molecular complexity index is 1090. The van der Waals surface area contributed by atoms with Gasteiger partial charge >= 0.3 is 0 Å². The molecule has 2 N–H and O–H groups in total. The second-order valence-electron chi connectivity index (χ2n) is 5.32. The van der Waals surface area contributed by atoms with Gasteiger partial charge in [0.2, 0.25) is 5.82 Å². The number of rotatable bonds is 6. The molecule has 2 aromatic carbocycles. The third-order valence-electron chi connectivity index (χ3n) is 3.52. The fourth-order valence-electron chi connectivity index (χ4n) is 2.23. The lowest BCUT2D eigenvalue weighted by molar-refractivity contribution is -0.384. The second-order valence-corrected chi connectivity index (χ2v) is 5.73. The molecule has 0 atom stereocenters. The highest BCUT2D eigenvalue weighted by molar-refractivity contribution is 6.32. The fraction of sp³-hybridized carbons (Fsp3) is 0.0625. The molecule has 144 valence electrons. The molecule has 0 aliphatic carbocycles. The van der Waals surface area contributed by atoms with Crippen molar-refractivity contribution >= 4 is 23.2 Å². The number of aromatic nitrogens is 2. The molecular formula is C16H9ClF2N4O5. The van der Waals surface area contributed by atoms with Crippen molar-refractivity contribution in [2.75, 3.05) is 0 Å². The topological polar surface area (TPSA) is 134 Å². The first-order chi connectivity index (χ1) is 13.3. The summed E-state index contributed by atoms with van der Waals surface area (Å²) in [5.41, 5.74) is 3.92. The first-order valence-corrected chi connectivity index (χ1v) is 7.83. The van der Waals surface area contributed by atoms with Crippen LogP contribution in [0.25, 0.3) is 11.4 Å². The van der Waals surface area contributed by atoms with Gasteiger partial charge in [0.1, 0.15) is 16.4 Å². The van der Waals surface area contributed by atoms with Crippen LogP contribution in [0, 0.1) is 21.7 Å². The summed E-state index contributed by atoms with van der Waals surface area (Å²) < 4.78 is 37.6. The Morgan fingerprint density at radius 1 is 1.32 bits per heavy atom. The first kappa shape index (κ1) is 19.2. The van der Waals surface area contributed by atoms with E-state index in [1.54, 1.807) is 0 Å². The zero-order chi connectivity index (χ0) is 20.4. The third-order valence-corrected chi connectivity index (χ3v) is 3.84. The molecule has 3 aromatic rings. The molecule has 0 unspecified atom stereocenters. The lowest BCUT2D eigenvalue weighted by Crippen LogP contribution is -2.16. The van der Waals surface area contributed by atoms with E-state index in [4.69, 9.17) is 26.6 Å². The van der Waals surface area contributed by atoms with E-state index in [0.29, 0.717) is 0 Å². The van der Waals surface area contributed by atoms with Gasteiger partial charge in [-0.25, -0.2) is 8.78 Å². The molecule has 28 heavy (non-hydrogen) atoms. The van der Waals surface area contributed by atoms with Gasteiger partial charge in [0.05, 0.1) is 4.92 Å². The number of benzene rings is 2. The number of nitro groups is 1. The van der Waals surface area contributed by atoms with Gasteiger partial charge in [0.15, 0.2) is 18.2 Å². The van der Waals surface area contributed by atoms with Gasteiger partial charge in [0.25, 0.3) is 17.5 Å². The summed E-state index contributed by atoms with van der Waals surface area (Å²) in [5, 5.41) is 14.5. The van der Waals surface area contributed by atoms with E-state index in [2.05, 4.69) is 10.1 Å². The van der Waals surface area contributed by atoms with Crippen LogP contribution in [0.5, 0.6) is 5.75 Å². The fourth-order valence-corrected chi connectivity index (χ4v) is 2.42. The van der Waals surface area contributed by atoms with Crippen molar-refractivity contribution in [3.8, 4) is 17.1 Å². The molecule has 0 aliphatic heterocycles. The average molecular weight is 411 g/mol. The maximum atomic E-state index is 14.1. The van der Waals surface area contributed by atoms with Gasteiger partial charge in [0, 0.05) is 11.6 Å². The van der Waals surface area contributed by atoms with Crippen LogP contribution in [0.4, 0.5) is 14.5 Å². The molecule has 0 radical (unpaired) electrons. The highest BCUT2D eigenvalue weighted by Crippen LogP contribution is 2.29. The van der Waals surface area contributed by atoms with E-state index in [0.717, 1.165) is 18.2 Å². The van der Waals surface area contributed by atoms with Gasteiger partial charge in [-0.1, -0.05) is 16.8 Å². The number of carbonyl (C=O) groups is 1. The van der Waals surface area contributed by atoms with Gasteiger partial charge in [-0.3, -0.25) is 14.9 Å². The Labute approximate surface area is 159 Å². The Hall–Kier alpha value is -3.60. The number of hydrogen-bond donors (Lipinski definition) is 1. The Kier molecular flexibility index (Phi) is 5.18. The van der Waals surface area contributed by atoms with Crippen LogP contribution in [0.3, 0.4) is 0 Å². The maximum absolute atomic E-state index is 14.1. The van der Waals surface area contributed by atoms with E-state index in [1.807, 2.05) is 0 Å². The standard InChI is InChI=1S/C16H9ClF2N4O5/c17-8-2-1-7(5-10(8)23(25)26)16-21-12(28-22-16)6-27-11-4-3-9(18)13(14(11)19)15(20)24/h1-5H,6H2,(H2,20,24). The minimum atomic E-state index is -1.29. The minimum absolute atomic E-state index is 0.00997. The lowest BCUT2D eigenvalue weighted by Gasteiger charge is -2.07. The molecule has 0 saturated heterocycles. The molecular weight excluding hydrogens is 402 g/mol. The van der Waals surface area contributed by atoms with Crippen LogP contribution in [-0.4, -0.2) is 21.0 Å². The predicted molar refractivity (Wildman–Crippen MR) is 90.6 cm³/mol. The number of ether oxygens (including phenoxy) is 1. The summed E-state index contributed by atoms with van der Waals surface area (Å²) in [6, 6.07) is 5.71. The number of primary amides is 1. The minimum Gasteiger partial charge on any atom is -0.481 e. The molecule has 3 rings (SSSR count). The number of amides is 1. The molecule has 1 amide bonds. The van der Waals surface area contributed by atoms with E-state index in [-0.39, 0.29) is 28.0 Å². The van der Waals surface area contributed by atoms with Crippen molar-refractivity contribution in [1.82, 2.24) is 10.1 Å².